The topological polar surface area (TPSA) is 38.0 Å². The molecule has 2 nitrogen and oxygen atoms in total. The monoisotopic (exact) mass is 276 g/mol. The molecule has 0 bridgehead atoms. The van der Waals surface area contributed by atoms with Crippen molar-refractivity contribution in [2.75, 3.05) is 6.54 Å². The molecule has 12 heavy (non-hydrogen) atoms. The van der Waals surface area contributed by atoms with E-state index in [-0.39, 0.29) is 0 Å². The van der Waals surface area contributed by atoms with Gasteiger partial charge in [-0.15, -0.1) is 0 Å². The van der Waals surface area contributed by atoms with Crippen LogP contribution in [0, 0.1) is 0 Å². The first-order valence-electron chi connectivity index (χ1n) is 2.92. The molecule has 0 aliphatic heterocycles. The molecule has 0 rings (SSSR count). The van der Waals surface area contributed by atoms with Crippen molar-refractivity contribution in [1.82, 2.24) is 5.32 Å². The zero-order chi connectivity index (χ0) is 9.40. The van der Waals surface area contributed by atoms with Crippen LogP contribution in [0.15, 0.2) is 0 Å². The highest BCUT2D eigenvalue weighted by Gasteiger charge is 1.98. The van der Waals surface area contributed by atoms with Crippen LogP contribution in [0.5, 0.6) is 0 Å². The largest absolute Gasteiger partial charge is 0.384 e. The second-order valence-corrected chi connectivity index (χ2v) is 8.52. The molecule has 0 spiro atoms. The number of hydrogen-bond donors (Lipinski definition) is 2. The molecule has 0 atom stereocenters. The predicted octanol–water partition coefficient (Wildman–Crippen LogP) is 2.80. The predicted molar refractivity (Wildman–Crippen MR) is 73.4 cm³/mol. The van der Waals surface area contributed by atoms with E-state index in [2.05, 4.69) is 17.5 Å². The van der Waals surface area contributed by atoms with Crippen LogP contribution in [0.1, 0.15) is 6.92 Å². The molecule has 70 valence electrons. The molecule has 0 radical (unpaired) electrons. The molecule has 0 fully saturated rings. The smallest absolute Gasteiger partial charge is 0.145 e. The van der Waals surface area contributed by atoms with Gasteiger partial charge in [-0.05, 0) is 48.2 Å². The quantitative estimate of drug-likeness (QED) is 0.461. The number of nitrogens with one attached hydrogen (secondary N) is 1. The Hall–Kier alpha value is 1.18. The van der Waals surface area contributed by atoms with E-state index in [1.807, 2.05) is 6.92 Å². The van der Waals surface area contributed by atoms with E-state index >= 15 is 0 Å². The van der Waals surface area contributed by atoms with Crippen LogP contribution in [0.2, 0.25) is 0 Å². The van der Waals surface area contributed by atoms with Gasteiger partial charge in [0.05, 0.1) is 0 Å². The Morgan fingerprint density at radius 1 is 1.33 bits per heavy atom. The fourth-order valence-electron chi connectivity index (χ4n) is 0.266. The van der Waals surface area contributed by atoms with E-state index < -0.39 is 0 Å². The lowest BCUT2D eigenvalue weighted by Gasteiger charge is -2.01. The van der Waals surface area contributed by atoms with Crippen LogP contribution in [0.3, 0.4) is 0 Å². The van der Waals surface area contributed by atoms with Crippen molar-refractivity contribution in [1.29, 1.82) is 0 Å². The van der Waals surface area contributed by atoms with Gasteiger partial charge in [-0.3, -0.25) is 0 Å². The summed E-state index contributed by atoms with van der Waals surface area (Å²) >= 11 is 9.65. The summed E-state index contributed by atoms with van der Waals surface area (Å²) in [6, 6.07) is 0. The minimum absolute atomic E-state index is 0.447. The standard InChI is InChI=1S/C4H8N2S6/c1-2-6-4(8)10-12-11-9-3(5)7/h2H2,1H3,(H2,5,7)(H,6,8). The Morgan fingerprint density at radius 3 is 2.42 bits per heavy atom. The number of nitrogens with two attached hydrogens (primary N) is 1. The average molecular weight is 277 g/mol. The average Bonchev–Trinajstić information content (AvgIpc) is 1.98. The Balaban J connectivity index is 3.19. The van der Waals surface area contributed by atoms with Gasteiger partial charge in [0.1, 0.15) is 8.64 Å². The molecule has 0 heterocycles. The zero-order valence-corrected chi connectivity index (χ0v) is 11.1. The molecule has 0 aliphatic rings. The first-order valence-corrected chi connectivity index (χ1v) is 8.55. The van der Waals surface area contributed by atoms with Crippen molar-refractivity contribution in [3.05, 3.63) is 0 Å². The van der Waals surface area contributed by atoms with E-state index in [9.17, 15) is 0 Å². The second kappa shape index (κ2) is 8.76. The normalized spacial score (nSPS) is 9.42. The first kappa shape index (κ1) is 13.2. The summed E-state index contributed by atoms with van der Waals surface area (Å²) in [6.07, 6.45) is 0. The number of hydrogen-bond acceptors (Lipinski definition) is 6. The third-order valence-electron chi connectivity index (χ3n) is 0.575. The highest BCUT2D eigenvalue weighted by molar-refractivity contribution is 9.29. The molecular formula is C4H8N2S6. The van der Waals surface area contributed by atoms with E-state index in [1.54, 1.807) is 9.83 Å². The van der Waals surface area contributed by atoms with Crippen LogP contribution >= 0.6 is 65.7 Å². The Morgan fingerprint density at radius 2 is 1.92 bits per heavy atom. The maximum atomic E-state index is 5.27. The van der Waals surface area contributed by atoms with Gasteiger partial charge < -0.3 is 11.1 Å². The van der Waals surface area contributed by atoms with Gasteiger partial charge in [-0.25, -0.2) is 0 Å². The van der Waals surface area contributed by atoms with Gasteiger partial charge in [0, 0.05) is 6.54 Å². The summed E-state index contributed by atoms with van der Waals surface area (Å²) in [5.74, 6) is 0. The second-order valence-electron chi connectivity index (χ2n) is 1.44. The fourth-order valence-corrected chi connectivity index (χ4v) is 6.19. The lowest BCUT2D eigenvalue weighted by molar-refractivity contribution is 0.996. The van der Waals surface area contributed by atoms with Crippen LogP contribution in [-0.2, 0) is 0 Å². The summed E-state index contributed by atoms with van der Waals surface area (Å²) in [4.78, 5) is 0. The number of rotatable bonds is 4. The molecule has 0 aromatic rings. The van der Waals surface area contributed by atoms with Crippen LogP contribution in [0.25, 0.3) is 0 Å². The summed E-state index contributed by atoms with van der Waals surface area (Å²) in [7, 11) is 5.95. The Kier molecular flexibility index (Phi) is 9.63. The minimum Gasteiger partial charge on any atom is -0.384 e. The van der Waals surface area contributed by atoms with Crippen LogP contribution in [0.4, 0.5) is 0 Å². The van der Waals surface area contributed by atoms with Crippen molar-refractivity contribution >= 4 is 74.3 Å². The van der Waals surface area contributed by atoms with Crippen LogP contribution in [-0.4, -0.2) is 15.2 Å². The summed E-state index contributed by atoms with van der Waals surface area (Å²) in [5, 5.41) is 3.02. The molecule has 0 aromatic heterocycles. The van der Waals surface area contributed by atoms with Crippen molar-refractivity contribution in [3.63, 3.8) is 0 Å². The Labute approximate surface area is 98.1 Å². The molecule has 3 N–H and O–H groups in total. The van der Waals surface area contributed by atoms with Gasteiger partial charge in [-0.2, -0.15) is 0 Å². The van der Waals surface area contributed by atoms with E-state index in [1.165, 1.54) is 31.4 Å². The molecule has 0 saturated heterocycles. The Bertz CT molecular complexity index is 160. The van der Waals surface area contributed by atoms with Crippen molar-refractivity contribution < 1.29 is 0 Å². The molecule has 0 aliphatic carbocycles. The van der Waals surface area contributed by atoms with E-state index in [0.717, 1.165) is 10.9 Å². The third-order valence-corrected chi connectivity index (χ3v) is 7.34. The third kappa shape index (κ3) is 9.27. The van der Waals surface area contributed by atoms with Crippen LogP contribution < -0.4 is 11.1 Å². The van der Waals surface area contributed by atoms with Gasteiger partial charge >= 0.3 is 0 Å². The van der Waals surface area contributed by atoms with Crippen molar-refractivity contribution in [3.8, 4) is 0 Å². The summed E-state index contributed by atoms with van der Waals surface area (Å²) in [5.41, 5.74) is 5.27. The minimum atomic E-state index is 0.447. The van der Waals surface area contributed by atoms with E-state index in [0.29, 0.717) is 4.32 Å². The highest BCUT2D eigenvalue weighted by Crippen LogP contribution is 2.43. The van der Waals surface area contributed by atoms with Gasteiger partial charge in [0.15, 0.2) is 0 Å². The molecular weight excluding hydrogens is 268 g/mol. The SMILES string of the molecule is CCNC(=S)SSSSC(N)=S. The first-order chi connectivity index (χ1) is 5.66. The molecule has 8 heteroatoms. The highest BCUT2D eigenvalue weighted by atomic mass is 33.7. The van der Waals surface area contributed by atoms with Crippen molar-refractivity contribution in [2.24, 2.45) is 5.73 Å². The fraction of sp³-hybridized carbons (Fsp3) is 0.500. The maximum absolute atomic E-state index is 5.27. The lowest BCUT2D eigenvalue weighted by Crippen LogP contribution is -2.15. The molecule has 0 unspecified atom stereocenters. The van der Waals surface area contributed by atoms with Gasteiger partial charge in [0.25, 0.3) is 0 Å². The molecule has 0 amide bonds. The summed E-state index contributed by atoms with van der Waals surface area (Å²) < 4.78 is 1.24. The number of thiocarbonyl (C=S) groups is 2. The van der Waals surface area contributed by atoms with E-state index in [4.69, 9.17) is 18.0 Å². The molecule has 0 aromatic carbocycles. The maximum Gasteiger partial charge on any atom is 0.145 e. The molecule has 0 saturated carbocycles. The lowest BCUT2D eigenvalue weighted by atomic mass is 10.8. The van der Waals surface area contributed by atoms with Gasteiger partial charge in [-0.1, -0.05) is 24.4 Å². The summed E-state index contributed by atoms with van der Waals surface area (Å²) in [6.45, 7) is 2.87. The van der Waals surface area contributed by atoms with Crippen molar-refractivity contribution in [2.45, 2.75) is 6.92 Å². The zero-order valence-electron chi connectivity index (χ0n) is 6.23. The van der Waals surface area contributed by atoms with Gasteiger partial charge in [0.2, 0.25) is 0 Å².